The maximum atomic E-state index is 12.0. The fraction of sp³-hybridized carbons (Fsp3) is 0.529. The van der Waals surface area contributed by atoms with E-state index in [1.807, 2.05) is 12.1 Å². The Morgan fingerprint density at radius 1 is 1.32 bits per heavy atom. The summed E-state index contributed by atoms with van der Waals surface area (Å²) in [7, 11) is 0. The number of ether oxygens (including phenoxy) is 1. The van der Waals surface area contributed by atoms with Gasteiger partial charge in [-0.1, -0.05) is 6.07 Å². The van der Waals surface area contributed by atoms with Crippen molar-refractivity contribution in [1.29, 1.82) is 0 Å². The van der Waals surface area contributed by atoms with Crippen molar-refractivity contribution in [3.05, 3.63) is 24.3 Å². The third kappa shape index (κ3) is 4.48. The number of hydrogen-bond donors (Lipinski definition) is 2. The van der Waals surface area contributed by atoms with Crippen LogP contribution in [-0.4, -0.2) is 23.1 Å². The molecule has 120 valence electrons. The smallest absolute Gasteiger partial charge is 0.309 e. The first-order chi connectivity index (χ1) is 10.4. The average Bonchev–Trinajstić information content (AvgIpc) is 2.91. The average molecular weight is 305 g/mol. The number of amides is 1. The Kier molecular flexibility index (Phi) is 5.06. The molecule has 1 saturated carbocycles. The van der Waals surface area contributed by atoms with Gasteiger partial charge in [0.2, 0.25) is 5.91 Å². The van der Waals surface area contributed by atoms with Crippen LogP contribution in [0.4, 0.5) is 5.69 Å². The predicted octanol–water partition coefficient (Wildman–Crippen LogP) is 3.45. The molecule has 22 heavy (non-hydrogen) atoms. The Morgan fingerprint density at radius 3 is 2.64 bits per heavy atom. The van der Waals surface area contributed by atoms with E-state index in [1.54, 1.807) is 12.1 Å². The highest BCUT2D eigenvalue weighted by Crippen LogP contribution is 2.26. The Hall–Kier alpha value is -2.04. The van der Waals surface area contributed by atoms with E-state index in [9.17, 15) is 9.59 Å². The molecular formula is C17H23NO4. The molecule has 0 heterocycles. The summed E-state index contributed by atoms with van der Waals surface area (Å²) < 4.78 is 5.89. The second-order valence-corrected chi connectivity index (χ2v) is 6.47. The van der Waals surface area contributed by atoms with Crippen molar-refractivity contribution in [2.75, 3.05) is 5.32 Å². The summed E-state index contributed by atoms with van der Waals surface area (Å²) in [6, 6.07) is 7.24. The number of anilines is 1. The molecule has 0 unspecified atom stereocenters. The fourth-order valence-corrected chi connectivity index (χ4v) is 2.53. The highest BCUT2D eigenvalue weighted by atomic mass is 16.5. The number of rotatable bonds is 6. The maximum Gasteiger partial charge on any atom is 0.309 e. The van der Waals surface area contributed by atoms with Gasteiger partial charge in [-0.05, 0) is 51.7 Å². The molecule has 0 spiro atoms. The van der Waals surface area contributed by atoms with Crippen LogP contribution in [0.5, 0.6) is 5.75 Å². The number of carbonyl (C=O) groups is 2. The van der Waals surface area contributed by atoms with Gasteiger partial charge < -0.3 is 15.2 Å². The Balaban J connectivity index is 1.94. The molecule has 0 aliphatic heterocycles. The number of nitrogens with one attached hydrogen (secondary N) is 1. The van der Waals surface area contributed by atoms with E-state index in [0.29, 0.717) is 5.69 Å². The lowest BCUT2D eigenvalue weighted by Gasteiger charge is -2.18. The SMILES string of the molecule is CC(C)(CC(=O)Nc1cccc(OC2CCCC2)c1)C(=O)O. The minimum atomic E-state index is -1.08. The molecule has 0 radical (unpaired) electrons. The van der Waals surface area contributed by atoms with E-state index in [2.05, 4.69) is 5.32 Å². The lowest BCUT2D eigenvalue weighted by molar-refractivity contribution is -0.148. The molecule has 5 heteroatoms. The van der Waals surface area contributed by atoms with Gasteiger partial charge in [0.1, 0.15) is 5.75 Å². The summed E-state index contributed by atoms with van der Waals surface area (Å²) in [6.45, 7) is 3.07. The van der Waals surface area contributed by atoms with Crippen molar-refractivity contribution in [3.8, 4) is 5.75 Å². The number of hydrogen-bond acceptors (Lipinski definition) is 3. The third-order valence-electron chi connectivity index (χ3n) is 3.90. The Morgan fingerprint density at radius 2 is 2.00 bits per heavy atom. The van der Waals surface area contributed by atoms with E-state index in [-0.39, 0.29) is 18.4 Å². The molecule has 5 nitrogen and oxygen atoms in total. The number of aliphatic carboxylic acids is 1. The second-order valence-electron chi connectivity index (χ2n) is 6.47. The van der Waals surface area contributed by atoms with Crippen LogP contribution < -0.4 is 10.1 Å². The van der Waals surface area contributed by atoms with Crippen LogP contribution in [0.25, 0.3) is 0 Å². The van der Waals surface area contributed by atoms with Gasteiger partial charge in [0.05, 0.1) is 11.5 Å². The molecule has 1 aliphatic rings. The molecule has 1 aliphatic carbocycles. The van der Waals surface area contributed by atoms with Gasteiger partial charge >= 0.3 is 5.97 Å². The lowest BCUT2D eigenvalue weighted by atomic mass is 9.89. The zero-order valence-electron chi connectivity index (χ0n) is 13.1. The Bertz CT molecular complexity index is 547. The van der Waals surface area contributed by atoms with Gasteiger partial charge in [-0.25, -0.2) is 0 Å². The van der Waals surface area contributed by atoms with Crippen LogP contribution in [0.2, 0.25) is 0 Å². The predicted molar refractivity (Wildman–Crippen MR) is 84.0 cm³/mol. The number of carboxylic acids is 1. The zero-order chi connectivity index (χ0) is 16.2. The molecule has 0 atom stereocenters. The molecule has 1 aromatic carbocycles. The van der Waals surface area contributed by atoms with E-state index >= 15 is 0 Å². The second kappa shape index (κ2) is 6.81. The van der Waals surface area contributed by atoms with E-state index in [4.69, 9.17) is 9.84 Å². The van der Waals surface area contributed by atoms with Crippen LogP contribution in [0.15, 0.2) is 24.3 Å². The number of benzene rings is 1. The van der Waals surface area contributed by atoms with Crippen LogP contribution in [0.1, 0.15) is 46.0 Å². The van der Waals surface area contributed by atoms with Crippen LogP contribution >= 0.6 is 0 Å². The number of carboxylic acid groups (broad SMARTS) is 1. The molecule has 2 N–H and O–H groups in total. The normalized spacial score (nSPS) is 15.5. The van der Waals surface area contributed by atoms with Crippen molar-refractivity contribution in [2.24, 2.45) is 5.41 Å². The Labute approximate surface area is 130 Å². The van der Waals surface area contributed by atoms with E-state index in [0.717, 1.165) is 18.6 Å². The summed E-state index contributed by atoms with van der Waals surface area (Å²) in [5, 5.41) is 11.8. The monoisotopic (exact) mass is 305 g/mol. The van der Waals surface area contributed by atoms with E-state index in [1.165, 1.54) is 26.7 Å². The standard InChI is InChI=1S/C17H23NO4/c1-17(2,16(20)21)11-15(19)18-12-6-5-9-14(10-12)22-13-7-3-4-8-13/h5-6,9-10,13H,3-4,7-8,11H2,1-2H3,(H,18,19)(H,20,21). The third-order valence-corrected chi connectivity index (χ3v) is 3.90. The highest BCUT2D eigenvalue weighted by molar-refractivity contribution is 5.94. The largest absolute Gasteiger partial charge is 0.490 e. The first kappa shape index (κ1) is 16.3. The first-order valence-electron chi connectivity index (χ1n) is 7.67. The molecule has 2 rings (SSSR count). The van der Waals surface area contributed by atoms with Crippen molar-refractivity contribution >= 4 is 17.6 Å². The molecule has 1 amide bonds. The van der Waals surface area contributed by atoms with Gasteiger partial charge in [0.25, 0.3) is 0 Å². The fourth-order valence-electron chi connectivity index (χ4n) is 2.53. The van der Waals surface area contributed by atoms with Gasteiger partial charge in [0.15, 0.2) is 0 Å². The summed E-state index contributed by atoms with van der Waals surface area (Å²) in [4.78, 5) is 23.0. The van der Waals surface area contributed by atoms with Crippen molar-refractivity contribution in [3.63, 3.8) is 0 Å². The summed E-state index contributed by atoms with van der Waals surface area (Å²) in [5.41, 5.74) is -0.455. The van der Waals surface area contributed by atoms with Crippen LogP contribution in [0.3, 0.4) is 0 Å². The summed E-state index contributed by atoms with van der Waals surface area (Å²) >= 11 is 0. The van der Waals surface area contributed by atoms with E-state index < -0.39 is 11.4 Å². The molecule has 0 aromatic heterocycles. The first-order valence-corrected chi connectivity index (χ1v) is 7.67. The highest BCUT2D eigenvalue weighted by Gasteiger charge is 2.30. The van der Waals surface area contributed by atoms with Crippen LogP contribution in [0, 0.1) is 5.41 Å². The summed E-state index contributed by atoms with van der Waals surface area (Å²) in [5.74, 6) is -0.562. The van der Waals surface area contributed by atoms with Crippen molar-refractivity contribution < 1.29 is 19.4 Å². The van der Waals surface area contributed by atoms with Crippen molar-refractivity contribution in [2.45, 2.75) is 52.1 Å². The van der Waals surface area contributed by atoms with Crippen LogP contribution in [-0.2, 0) is 9.59 Å². The topological polar surface area (TPSA) is 75.6 Å². The van der Waals surface area contributed by atoms with Crippen molar-refractivity contribution in [1.82, 2.24) is 0 Å². The molecule has 1 fully saturated rings. The zero-order valence-corrected chi connectivity index (χ0v) is 13.1. The molecule has 0 saturated heterocycles. The van der Waals surface area contributed by atoms with Gasteiger partial charge in [-0.3, -0.25) is 9.59 Å². The molecular weight excluding hydrogens is 282 g/mol. The van der Waals surface area contributed by atoms with Gasteiger partial charge in [0, 0.05) is 18.2 Å². The minimum Gasteiger partial charge on any atom is -0.490 e. The van der Waals surface area contributed by atoms with Gasteiger partial charge in [-0.2, -0.15) is 0 Å². The molecule has 0 bridgehead atoms. The molecule has 1 aromatic rings. The van der Waals surface area contributed by atoms with Gasteiger partial charge in [-0.15, -0.1) is 0 Å². The minimum absolute atomic E-state index is 0.0734. The number of carbonyl (C=O) groups excluding carboxylic acids is 1. The summed E-state index contributed by atoms with van der Waals surface area (Å²) in [6.07, 6.45) is 4.73. The maximum absolute atomic E-state index is 12.0. The lowest BCUT2D eigenvalue weighted by Crippen LogP contribution is -2.29. The quantitative estimate of drug-likeness (QED) is 0.844.